The van der Waals surface area contributed by atoms with Crippen LogP contribution in [0.2, 0.25) is 0 Å². The lowest BCUT2D eigenvalue weighted by Crippen LogP contribution is -2.36. The summed E-state index contributed by atoms with van der Waals surface area (Å²) < 4.78 is 0. The van der Waals surface area contributed by atoms with Crippen LogP contribution in [0, 0.1) is 6.92 Å². The first-order valence-corrected chi connectivity index (χ1v) is 7.26. The van der Waals surface area contributed by atoms with Gasteiger partial charge >= 0.3 is 0 Å². The Morgan fingerprint density at radius 3 is 2.68 bits per heavy atom. The zero-order valence-corrected chi connectivity index (χ0v) is 12.1. The van der Waals surface area contributed by atoms with E-state index in [1.165, 1.54) is 16.3 Å². The largest absolute Gasteiger partial charge is 0.371 e. The van der Waals surface area contributed by atoms with Crippen LogP contribution in [0.1, 0.15) is 10.6 Å². The lowest BCUT2D eigenvalue weighted by atomic mass is 10.2. The standard InChI is InChI=1S/C14H18N4S/c1-10-13(9-15)19-14(16-10)18-8-7-17(2)11-5-3-4-6-12(11)18/h3-6H,7-9,15H2,1-2H3. The number of thiazole rings is 1. The van der Waals surface area contributed by atoms with Crippen LogP contribution in [-0.2, 0) is 6.54 Å². The number of fused-ring (bicyclic) bond motifs is 1. The fourth-order valence-electron chi connectivity index (χ4n) is 2.42. The molecule has 2 heterocycles. The molecule has 2 N–H and O–H groups in total. The molecule has 4 nitrogen and oxygen atoms in total. The Kier molecular flexibility index (Phi) is 3.16. The molecule has 0 spiro atoms. The fraction of sp³-hybridized carbons (Fsp3) is 0.357. The van der Waals surface area contributed by atoms with E-state index in [2.05, 4.69) is 46.1 Å². The van der Waals surface area contributed by atoms with E-state index in [9.17, 15) is 0 Å². The number of benzene rings is 1. The summed E-state index contributed by atoms with van der Waals surface area (Å²) in [6, 6.07) is 8.47. The second kappa shape index (κ2) is 4.83. The third-order valence-corrected chi connectivity index (χ3v) is 4.74. The number of likely N-dealkylation sites (N-methyl/N-ethyl adjacent to an activating group) is 1. The van der Waals surface area contributed by atoms with Crippen molar-refractivity contribution < 1.29 is 0 Å². The first-order valence-electron chi connectivity index (χ1n) is 6.45. The van der Waals surface area contributed by atoms with Crippen molar-refractivity contribution >= 4 is 27.8 Å². The van der Waals surface area contributed by atoms with E-state index in [-0.39, 0.29) is 0 Å². The van der Waals surface area contributed by atoms with E-state index in [1.54, 1.807) is 11.3 Å². The van der Waals surface area contributed by atoms with Crippen molar-refractivity contribution in [2.45, 2.75) is 13.5 Å². The summed E-state index contributed by atoms with van der Waals surface area (Å²) in [5, 5.41) is 1.05. The fourth-order valence-corrected chi connectivity index (χ4v) is 3.40. The van der Waals surface area contributed by atoms with Crippen LogP contribution < -0.4 is 15.5 Å². The highest BCUT2D eigenvalue weighted by Gasteiger charge is 2.23. The van der Waals surface area contributed by atoms with Gasteiger partial charge in [0, 0.05) is 31.6 Å². The summed E-state index contributed by atoms with van der Waals surface area (Å²) in [5.41, 5.74) is 9.30. The maximum atomic E-state index is 5.75. The summed E-state index contributed by atoms with van der Waals surface area (Å²) in [6.45, 7) is 4.57. The number of aromatic nitrogens is 1. The van der Waals surface area contributed by atoms with E-state index in [1.807, 2.05) is 6.92 Å². The topological polar surface area (TPSA) is 45.4 Å². The highest BCUT2D eigenvalue weighted by atomic mass is 32.1. The molecule has 0 saturated heterocycles. The Hall–Kier alpha value is -1.59. The molecule has 0 fully saturated rings. The van der Waals surface area contributed by atoms with Gasteiger partial charge in [-0.3, -0.25) is 0 Å². The highest BCUT2D eigenvalue weighted by Crippen LogP contribution is 2.38. The van der Waals surface area contributed by atoms with Crippen LogP contribution in [-0.4, -0.2) is 25.1 Å². The van der Waals surface area contributed by atoms with Gasteiger partial charge in [0.05, 0.1) is 17.1 Å². The monoisotopic (exact) mass is 274 g/mol. The van der Waals surface area contributed by atoms with E-state index >= 15 is 0 Å². The maximum absolute atomic E-state index is 5.75. The van der Waals surface area contributed by atoms with Gasteiger partial charge in [0.15, 0.2) is 5.13 Å². The smallest absolute Gasteiger partial charge is 0.190 e. The van der Waals surface area contributed by atoms with Crippen LogP contribution in [0.4, 0.5) is 16.5 Å². The minimum absolute atomic E-state index is 0.568. The number of aryl methyl sites for hydroxylation is 1. The zero-order valence-electron chi connectivity index (χ0n) is 11.3. The Bertz CT molecular complexity index is 593. The molecule has 1 aromatic carbocycles. The van der Waals surface area contributed by atoms with Crippen molar-refractivity contribution in [3.05, 3.63) is 34.8 Å². The Morgan fingerprint density at radius 2 is 2.00 bits per heavy atom. The Labute approximate surface area is 117 Å². The van der Waals surface area contributed by atoms with Gasteiger partial charge in [-0.2, -0.15) is 0 Å². The molecule has 0 bridgehead atoms. The van der Waals surface area contributed by atoms with Crippen molar-refractivity contribution in [2.24, 2.45) is 5.73 Å². The van der Waals surface area contributed by atoms with E-state index in [0.29, 0.717) is 6.54 Å². The average Bonchev–Trinajstić information content (AvgIpc) is 2.80. The predicted octanol–water partition coefficient (Wildman–Crippen LogP) is 2.50. The minimum atomic E-state index is 0.568. The van der Waals surface area contributed by atoms with Gasteiger partial charge in [-0.05, 0) is 19.1 Å². The molecule has 0 atom stereocenters. The molecule has 1 aliphatic heterocycles. The SMILES string of the molecule is Cc1nc(N2CCN(C)c3ccccc32)sc1CN. The average molecular weight is 274 g/mol. The number of nitrogens with two attached hydrogens (primary N) is 1. The van der Waals surface area contributed by atoms with Crippen molar-refractivity contribution in [3.63, 3.8) is 0 Å². The van der Waals surface area contributed by atoms with Gasteiger partial charge in [0.25, 0.3) is 0 Å². The van der Waals surface area contributed by atoms with Crippen molar-refractivity contribution in [1.82, 2.24) is 4.98 Å². The minimum Gasteiger partial charge on any atom is -0.371 e. The number of rotatable bonds is 2. The number of para-hydroxylation sites is 2. The molecule has 0 radical (unpaired) electrons. The molecule has 0 amide bonds. The highest BCUT2D eigenvalue weighted by molar-refractivity contribution is 7.15. The number of nitrogens with zero attached hydrogens (tertiary/aromatic N) is 3. The molecule has 1 aliphatic rings. The van der Waals surface area contributed by atoms with Gasteiger partial charge in [-0.25, -0.2) is 4.98 Å². The lowest BCUT2D eigenvalue weighted by Gasteiger charge is -2.35. The number of hydrogen-bond acceptors (Lipinski definition) is 5. The van der Waals surface area contributed by atoms with Crippen molar-refractivity contribution in [1.29, 1.82) is 0 Å². The molecule has 0 unspecified atom stereocenters. The summed E-state index contributed by atoms with van der Waals surface area (Å²) >= 11 is 1.70. The molecule has 19 heavy (non-hydrogen) atoms. The third-order valence-electron chi connectivity index (χ3n) is 3.54. The van der Waals surface area contributed by atoms with Gasteiger partial charge in [-0.15, -0.1) is 0 Å². The molecule has 3 rings (SSSR count). The summed E-state index contributed by atoms with van der Waals surface area (Å²) in [6.07, 6.45) is 0. The van der Waals surface area contributed by atoms with Crippen LogP contribution in [0.3, 0.4) is 0 Å². The molecule has 0 aliphatic carbocycles. The molecule has 2 aromatic rings. The van der Waals surface area contributed by atoms with E-state index in [4.69, 9.17) is 5.73 Å². The summed E-state index contributed by atoms with van der Waals surface area (Å²) in [7, 11) is 2.13. The van der Waals surface area contributed by atoms with Gasteiger partial charge in [0.2, 0.25) is 0 Å². The van der Waals surface area contributed by atoms with Crippen molar-refractivity contribution in [2.75, 3.05) is 29.9 Å². The molecule has 0 saturated carbocycles. The summed E-state index contributed by atoms with van der Waals surface area (Å²) in [5.74, 6) is 0. The molecule has 100 valence electrons. The predicted molar refractivity (Wildman–Crippen MR) is 81.5 cm³/mol. The maximum Gasteiger partial charge on any atom is 0.190 e. The number of anilines is 3. The van der Waals surface area contributed by atoms with E-state index in [0.717, 1.165) is 23.9 Å². The second-order valence-corrected chi connectivity index (χ2v) is 5.83. The normalized spacial score (nSPS) is 14.7. The number of hydrogen-bond donors (Lipinski definition) is 1. The lowest BCUT2D eigenvalue weighted by molar-refractivity contribution is 0.818. The van der Waals surface area contributed by atoms with E-state index < -0.39 is 0 Å². The molecular weight excluding hydrogens is 256 g/mol. The second-order valence-electron chi connectivity index (χ2n) is 4.77. The van der Waals surface area contributed by atoms with Crippen LogP contribution in [0.15, 0.2) is 24.3 Å². The first-order chi connectivity index (χ1) is 9.20. The quantitative estimate of drug-likeness (QED) is 0.914. The third kappa shape index (κ3) is 2.09. The van der Waals surface area contributed by atoms with Crippen LogP contribution in [0.25, 0.3) is 0 Å². The summed E-state index contributed by atoms with van der Waals surface area (Å²) in [4.78, 5) is 10.4. The Balaban J connectivity index is 2.04. The molecule has 5 heteroatoms. The van der Waals surface area contributed by atoms with Gasteiger partial charge < -0.3 is 15.5 Å². The van der Waals surface area contributed by atoms with Gasteiger partial charge in [0.1, 0.15) is 0 Å². The van der Waals surface area contributed by atoms with Crippen LogP contribution >= 0.6 is 11.3 Å². The molecule has 1 aromatic heterocycles. The van der Waals surface area contributed by atoms with Crippen molar-refractivity contribution in [3.8, 4) is 0 Å². The molecular formula is C14H18N4S. The first kappa shape index (κ1) is 12.4. The van der Waals surface area contributed by atoms with Crippen LogP contribution in [0.5, 0.6) is 0 Å². The Morgan fingerprint density at radius 1 is 1.26 bits per heavy atom. The van der Waals surface area contributed by atoms with Gasteiger partial charge in [-0.1, -0.05) is 23.5 Å². The zero-order chi connectivity index (χ0) is 13.4.